The third kappa shape index (κ3) is 5.18. The number of carbonyl (C=O) groups excluding carboxylic acids is 1. The van der Waals surface area contributed by atoms with Crippen molar-refractivity contribution in [3.63, 3.8) is 0 Å². The molecule has 0 aliphatic carbocycles. The van der Waals surface area contributed by atoms with E-state index in [4.69, 9.17) is 9.47 Å². The smallest absolute Gasteiger partial charge is 0.260 e. The van der Waals surface area contributed by atoms with Crippen LogP contribution in [0, 0.1) is 6.92 Å². The number of benzene rings is 2. The average molecular weight is 396 g/mol. The third-order valence-electron chi connectivity index (χ3n) is 5.90. The van der Waals surface area contributed by atoms with Crippen LogP contribution in [0.15, 0.2) is 48.5 Å². The molecule has 1 amide bonds. The highest BCUT2D eigenvalue weighted by Gasteiger charge is 2.35. The van der Waals surface area contributed by atoms with Gasteiger partial charge in [0, 0.05) is 25.2 Å². The van der Waals surface area contributed by atoms with Gasteiger partial charge in [0.15, 0.2) is 6.10 Å². The molecule has 29 heavy (non-hydrogen) atoms. The first-order valence-electron chi connectivity index (χ1n) is 10.6. The van der Waals surface area contributed by atoms with E-state index in [1.165, 1.54) is 5.56 Å². The van der Waals surface area contributed by atoms with Gasteiger partial charge >= 0.3 is 0 Å². The summed E-state index contributed by atoms with van der Waals surface area (Å²) in [4.78, 5) is 12.9. The highest BCUT2D eigenvalue weighted by Crippen LogP contribution is 2.34. The molecular formula is C25H33NO3. The molecule has 1 atom stereocenters. The number of hydrogen-bond acceptors (Lipinski definition) is 3. The van der Waals surface area contributed by atoms with Gasteiger partial charge in [-0.1, -0.05) is 56.3 Å². The fraction of sp³-hybridized carbons (Fsp3) is 0.480. The molecule has 1 N–H and O–H groups in total. The zero-order valence-electron chi connectivity index (χ0n) is 18.0. The van der Waals surface area contributed by atoms with Crippen LogP contribution in [-0.4, -0.2) is 31.8 Å². The van der Waals surface area contributed by atoms with Gasteiger partial charge in [-0.15, -0.1) is 0 Å². The number of ether oxygens (including phenoxy) is 2. The number of rotatable bonds is 7. The van der Waals surface area contributed by atoms with Crippen LogP contribution in [0.3, 0.4) is 0 Å². The Balaban J connectivity index is 1.69. The van der Waals surface area contributed by atoms with Gasteiger partial charge in [-0.25, -0.2) is 0 Å². The SMILES string of the molecule is Cc1ccc(C(C)C)c(O[C@H](C)C(=O)NCC2(c3ccccc3)CCOCC2)c1. The second kappa shape index (κ2) is 9.45. The Morgan fingerprint density at radius 2 is 1.79 bits per heavy atom. The predicted octanol–water partition coefficient (Wildman–Crippen LogP) is 4.75. The average Bonchev–Trinajstić information content (AvgIpc) is 2.73. The second-order valence-electron chi connectivity index (χ2n) is 8.43. The van der Waals surface area contributed by atoms with E-state index in [1.54, 1.807) is 0 Å². The van der Waals surface area contributed by atoms with Gasteiger partial charge in [-0.2, -0.15) is 0 Å². The molecule has 0 bridgehead atoms. The predicted molar refractivity (Wildman–Crippen MR) is 117 cm³/mol. The Morgan fingerprint density at radius 1 is 1.10 bits per heavy atom. The lowest BCUT2D eigenvalue weighted by molar-refractivity contribution is -0.127. The summed E-state index contributed by atoms with van der Waals surface area (Å²) < 4.78 is 11.7. The fourth-order valence-electron chi connectivity index (χ4n) is 3.99. The summed E-state index contributed by atoms with van der Waals surface area (Å²) in [5.74, 6) is 1.05. The van der Waals surface area contributed by atoms with Crippen LogP contribution >= 0.6 is 0 Å². The van der Waals surface area contributed by atoms with Crippen LogP contribution in [0.4, 0.5) is 0 Å². The van der Waals surface area contributed by atoms with E-state index in [2.05, 4.69) is 55.6 Å². The molecule has 1 fully saturated rings. The van der Waals surface area contributed by atoms with Gasteiger partial charge in [0.05, 0.1) is 0 Å². The van der Waals surface area contributed by atoms with Crippen molar-refractivity contribution in [2.75, 3.05) is 19.8 Å². The summed E-state index contributed by atoms with van der Waals surface area (Å²) in [7, 11) is 0. The molecule has 4 heteroatoms. The Kier molecular flexibility index (Phi) is 6.96. The molecule has 156 valence electrons. The molecule has 3 rings (SSSR count). The minimum Gasteiger partial charge on any atom is -0.481 e. The van der Waals surface area contributed by atoms with Crippen molar-refractivity contribution in [3.8, 4) is 5.75 Å². The molecule has 4 nitrogen and oxygen atoms in total. The van der Waals surface area contributed by atoms with Gasteiger partial charge < -0.3 is 14.8 Å². The van der Waals surface area contributed by atoms with Crippen molar-refractivity contribution in [3.05, 3.63) is 65.2 Å². The maximum Gasteiger partial charge on any atom is 0.260 e. The summed E-state index contributed by atoms with van der Waals surface area (Å²) in [6.45, 7) is 10.2. The fourth-order valence-corrected chi connectivity index (χ4v) is 3.99. The molecule has 1 heterocycles. The van der Waals surface area contributed by atoms with Crippen molar-refractivity contribution in [2.24, 2.45) is 0 Å². The number of hydrogen-bond donors (Lipinski definition) is 1. The van der Waals surface area contributed by atoms with Gasteiger partial charge in [-0.3, -0.25) is 4.79 Å². The second-order valence-corrected chi connectivity index (χ2v) is 8.43. The van der Waals surface area contributed by atoms with Crippen molar-refractivity contribution >= 4 is 5.91 Å². The lowest BCUT2D eigenvalue weighted by atomic mass is 9.74. The van der Waals surface area contributed by atoms with E-state index in [9.17, 15) is 4.79 Å². The molecule has 1 saturated heterocycles. The monoisotopic (exact) mass is 395 g/mol. The molecule has 0 saturated carbocycles. The third-order valence-corrected chi connectivity index (χ3v) is 5.90. The van der Waals surface area contributed by atoms with Crippen LogP contribution in [-0.2, 0) is 14.9 Å². The lowest BCUT2D eigenvalue weighted by Gasteiger charge is -2.38. The van der Waals surface area contributed by atoms with Crippen LogP contribution < -0.4 is 10.1 Å². The van der Waals surface area contributed by atoms with Gasteiger partial charge in [-0.05, 0) is 55.4 Å². The zero-order chi connectivity index (χ0) is 20.9. The number of nitrogens with one attached hydrogen (secondary N) is 1. The first-order chi connectivity index (χ1) is 13.9. The molecular weight excluding hydrogens is 362 g/mol. The Morgan fingerprint density at radius 3 is 2.45 bits per heavy atom. The maximum absolute atomic E-state index is 12.9. The topological polar surface area (TPSA) is 47.6 Å². The summed E-state index contributed by atoms with van der Waals surface area (Å²) in [5, 5.41) is 3.16. The highest BCUT2D eigenvalue weighted by molar-refractivity contribution is 5.80. The number of aryl methyl sites for hydroxylation is 1. The van der Waals surface area contributed by atoms with E-state index in [1.807, 2.05) is 26.0 Å². The standard InChI is InChI=1S/C25H33NO3/c1-18(2)22-11-10-19(3)16-23(22)29-20(4)24(27)26-17-25(12-14-28-15-13-25)21-8-6-5-7-9-21/h5-11,16,18,20H,12-15,17H2,1-4H3,(H,26,27)/t20-/m1/s1. The quantitative estimate of drug-likeness (QED) is 0.736. The Labute approximate surface area is 174 Å². The molecule has 0 unspecified atom stereocenters. The highest BCUT2D eigenvalue weighted by atomic mass is 16.5. The Bertz CT molecular complexity index is 810. The molecule has 2 aromatic carbocycles. The van der Waals surface area contributed by atoms with Crippen LogP contribution in [0.5, 0.6) is 5.75 Å². The summed E-state index contributed by atoms with van der Waals surface area (Å²) in [5.41, 5.74) is 3.43. The normalized spacial score (nSPS) is 17.0. The molecule has 1 aliphatic heterocycles. The summed E-state index contributed by atoms with van der Waals surface area (Å²) >= 11 is 0. The number of amides is 1. The summed E-state index contributed by atoms with van der Waals surface area (Å²) in [6.07, 6.45) is 1.26. The van der Waals surface area contributed by atoms with E-state index < -0.39 is 6.10 Å². The van der Waals surface area contributed by atoms with E-state index in [0.29, 0.717) is 12.5 Å². The van der Waals surface area contributed by atoms with Crippen molar-refractivity contribution in [2.45, 2.75) is 58.0 Å². The van der Waals surface area contributed by atoms with E-state index >= 15 is 0 Å². The summed E-state index contributed by atoms with van der Waals surface area (Å²) in [6, 6.07) is 16.6. The molecule has 1 aliphatic rings. The first-order valence-corrected chi connectivity index (χ1v) is 10.6. The van der Waals surface area contributed by atoms with Crippen LogP contribution in [0.25, 0.3) is 0 Å². The van der Waals surface area contributed by atoms with Crippen molar-refractivity contribution < 1.29 is 14.3 Å². The van der Waals surface area contributed by atoms with Crippen LogP contribution in [0.1, 0.15) is 56.2 Å². The van der Waals surface area contributed by atoms with E-state index in [-0.39, 0.29) is 11.3 Å². The van der Waals surface area contributed by atoms with Gasteiger partial charge in [0.25, 0.3) is 5.91 Å². The van der Waals surface area contributed by atoms with Gasteiger partial charge in [0.2, 0.25) is 0 Å². The Hall–Kier alpha value is -2.33. The maximum atomic E-state index is 12.9. The van der Waals surface area contributed by atoms with Crippen molar-refractivity contribution in [1.29, 1.82) is 0 Å². The minimum absolute atomic E-state index is 0.0805. The molecule has 0 radical (unpaired) electrons. The molecule has 0 spiro atoms. The first kappa shape index (κ1) is 21.4. The van der Waals surface area contributed by atoms with Crippen LogP contribution in [0.2, 0.25) is 0 Å². The van der Waals surface area contributed by atoms with Crippen molar-refractivity contribution in [1.82, 2.24) is 5.32 Å². The molecule has 2 aromatic rings. The lowest BCUT2D eigenvalue weighted by Crippen LogP contribution is -2.47. The van der Waals surface area contributed by atoms with Gasteiger partial charge in [0.1, 0.15) is 5.75 Å². The van der Waals surface area contributed by atoms with E-state index in [0.717, 1.165) is 42.9 Å². The number of carbonyl (C=O) groups is 1. The zero-order valence-corrected chi connectivity index (χ0v) is 18.0. The minimum atomic E-state index is -0.554. The largest absolute Gasteiger partial charge is 0.481 e. The molecule has 0 aromatic heterocycles.